The van der Waals surface area contributed by atoms with E-state index in [0.29, 0.717) is 32.2 Å². The lowest BCUT2D eigenvalue weighted by molar-refractivity contribution is 0.122. The number of rotatable bonds is 5. The van der Waals surface area contributed by atoms with Crippen molar-refractivity contribution < 1.29 is 13.5 Å². The maximum absolute atomic E-state index is 11.9. The van der Waals surface area contributed by atoms with Crippen molar-refractivity contribution in [2.45, 2.75) is 19.4 Å². The van der Waals surface area contributed by atoms with Crippen LogP contribution in [0.5, 0.6) is 0 Å². The summed E-state index contributed by atoms with van der Waals surface area (Å²) in [5.41, 5.74) is 4.37. The van der Waals surface area contributed by atoms with Gasteiger partial charge in [0, 0.05) is 67.0 Å². The number of hydrogen-bond donors (Lipinski definition) is 1. The molecule has 0 bridgehead atoms. The highest BCUT2D eigenvalue weighted by Gasteiger charge is 2.29. The molecule has 2 aliphatic rings. The number of hydrogen-bond acceptors (Lipinski definition) is 5. The summed E-state index contributed by atoms with van der Waals surface area (Å²) < 4.78 is 33.4. The number of ether oxygens (including phenoxy) is 1. The van der Waals surface area contributed by atoms with Crippen LogP contribution in [0.3, 0.4) is 0 Å². The summed E-state index contributed by atoms with van der Waals surface area (Å²) in [6.45, 7) is 5.15. The third-order valence-corrected chi connectivity index (χ3v) is 8.73. The third-order valence-electron chi connectivity index (χ3n) is 7.43. The molecule has 1 unspecified atom stereocenters. The molecule has 5 heterocycles. The summed E-state index contributed by atoms with van der Waals surface area (Å²) in [6, 6.07) is 12.8. The van der Waals surface area contributed by atoms with E-state index in [1.807, 2.05) is 6.20 Å². The van der Waals surface area contributed by atoms with Gasteiger partial charge in [0.1, 0.15) is 22.5 Å². The van der Waals surface area contributed by atoms with E-state index in [1.165, 1.54) is 17.2 Å². The van der Waals surface area contributed by atoms with Gasteiger partial charge in [0.25, 0.3) is 0 Å². The molecule has 6 rings (SSSR count). The van der Waals surface area contributed by atoms with Crippen molar-refractivity contribution in [3.05, 3.63) is 48.8 Å². The lowest BCUT2D eigenvalue weighted by Crippen LogP contribution is -2.41. The second kappa shape index (κ2) is 9.05. The number of aromatic nitrogens is 3. The molecule has 4 aromatic rings. The highest BCUT2D eigenvalue weighted by atomic mass is 32.3. The molecule has 3 aromatic heterocycles. The molecule has 0 saturated carbocycles. The van der Waals surface area contributed by atoms with Gasteiger partial charge in [0.15, 0.2) is 0 Å². The molecule has 0 amide bonds. The van der Waals surface area contributed by atoms with Crippen molar-refractivity contribution in [3.8, 4) is 11.3 Å². The first-order valence-electron chi connectivity index (χ1n) is 12.3. The second-order valence-electron chi connectivity index (χ2n) is 9.68. The van der Waals surface area contributed by atoms with Gasteiger partial charge in [0.2, 0.25) is 0 Å². The van der Waals surface area contributed by atoms with Crippen LogP contribution in [0.1, 0.15) is 12.8 Å². The zero-order chi connectivity index (χ0) is 24.0. The Morgan fingerprint density at radius 2 is 1.91 bits per heavy atom. The van der Waals surface area contributed by atoms with Gasteiger partial charge in [0.05, 0.1) is 24.4 Å². The number of nitrogens with one attached hydrogen (secondary N) is 1. The zero-order valence-electron chi connectivity index (χ0n) is 20.0. The Morgan fingerprint density at radius 1 is 1.11 bits per heavy atom. The second-order valence-corrected chi connectivity index (χ2v) is 11.7. The molecule has 9 heteroatoms. The minimum Gasteiger partial charge on any atom is -0.598 e. The molecule has 184 valence electrons. The fourth-order valence-electron chi connectivity index (χ4n) is 5.49. The van der Waals surface area contributed by atoms with Crippen molar-refractivity contribution in [1.82, 2.24) is 18.8 Å². The Labute approximate surface area is 206 Å². The molecular formula is C26H31N5O3S. The zero-order valence-corrected chi connectivity index (χ0v) is 20.8. The van der Waals surface area contributed by atoms with E-state index >= 15 is 0 Å². The van der Waals surface area contributed by atoms with Crippen LogP contribution < -0.4 is 4.90 Å². The quantitative estimate of drug-likeness (QED) is 0.426. The van der Waals surface area contributed by atoms with E-state index < -0.39 is 10.4 Å². The van der Waals surface area contributed by atoms with E-state index in [9.17, 15) is 8.76 Å². The van der Waals surface area contributed by atoms with Gasteiger partial charge in [-0.15, -0.1) is 4.31 Å². The Kier molecular flexibility index (Phi) is 5.88. The number of piperidine rings is 1. The molecule has 8 nitrogen and oxygen atoms in total. The van der Waals surface area contributed by atoms with Gasteiger partial charge in [-0.3, -0.25) is 0 Å². The van der Waals surface area contributed by atoms with Crippen LogP contribution in [0.25, 0.3) is 33.1 Å². The summed E-state index contributed by atoms with van der Waals surface area (Å²) in [6.07, 6.45) is 7.20. The largest absolute Gasteiger partial charge is 0.598 e. The standard InChI is InChI=1S/C26H31N5O3S/c1-35(32,33)31-11-6-19(7-12-31)18-30-10-8-22-25(30)17-24(28-26(22)29-13-15-34-16-14-29)20-3-2-4-23-21(20)5-9-27-23/h2-5,8-10,17,19,27H,6-7,11-16,18H2,1H3. The van der Waals surface area contributed by atoms with Gasteiger partial charge in [-0.2, -0.15) is 0 Å². The number of benzene rings is 1. The van der Waals surface area contributed by atoms with Crippen LogP contribution in [-0.2, 0) is 25.9 Å². The van der Waals surface area contributed by atoms with Gasteiger partial charge in [-0.25, -0.2) is 4.98 Å². The molecular weight excluding hydrogens is 462 g/mol. The van der Waals surface area contributed by atoms with Crippen LogP contribution in [0.4, 0.5) is 5.82 Å². The predicted octanol–water partition coefficient (Wildman–Crippen LogP) is 3.91. The van der Waals surface area contributed by atoms with E-state index in [4.69, 9.17) is 9.72 Å². The lowest BCUT2D eigenvalue weighted by atomic mass is 9.98. The normalized spacial score (nSPS) is 20.0. The Balaban J connectivity index is 1.39. The van der Waals surface area contributed by atoms with Gasteiger partial charge >= 0.3 is 0 Å². The van der Waals surface area contributed by atoms with E-state index in [0.717, 1.165) is 60.5 Å². The van der Waals surface area contributed by atoms with Gasteiger partial charge in [-0.1, -0.05) is 16.3 Å². The first-order chi connectivity index (χ1) is 17.0. The summed E-state index contributed by atoms with van der Waals surface area (Å²) in [4.78, 5) is 10.8. The third kappa shape index (κ3) is 4.38. The first-order valence-corrected chi connectivity index (χ1v) is 14.2. The minimum absolute atomic E-state index is 0.445. The predicted molar refractivity (Wildman–Crippen MR) is 139 cm³/mol. The highest BCUT2D eigenvalue weighted by Crippen LogP contribution is 2.35. The smallest absolute Gasteiger partial charge is 0.138 e. The summed E-state index contributed by atoms with van der Waals surface area (Å²) in [7, 11) is -3.11. The van der Waals surface area contributed by atoms with Crippen molar-refractivity contribution in [2.24, 2.45) is 5.92 Å². The van der Waals surface area contributed by atoms with Crippen molar-refractivity contribution in [2.75, 3.05) is 50.5 Å². The van der Waals surface area contributed by atoms with Crippen LogP contribution in [0, 0.1) is 5.92 Å². The summed E-state index contributed by atoms with van der Waals surface area (Å²) in [5.74, 6) is 1.46. The van der Waals surface area contributed by atoms with E-state index in [-0.39, 0.29) is 0 Å². The Morgan fingerprint density at radius 3 is 2.69 bits per heavy atom. The number of H-pyrrole nitrogens is 1. The highest BCUT2D eigenvalue weighted by molar-refractivity contribution is 7.94. The minimum atomic E-state index is -3.11. The average Bonchev–Trinajstić information content (AvgIpc) is 3.51. The molecule has 35 heavy (non-hydrogen) atoms. The molecule has 0 radical (unpaired) electrons. The number of fused-ring (bicyclic) bond motifs is 2. The SMILES string of the molecule is C[S+](=O)([O-])N1CCC(Cn2ccc3c(N4CCOCC4)nc(-c4cccc5[nH]ccc45)cc32)CC1. The van der Waals surface area contributed by atoms with Gasteiger partial charge < -0.3 is 23.7 Å². The van der Waals surface area contributed by atoms with Gasteiger partial charge in [-0.05, 0) is 43.0 Å². The topological polar surface area (TPSA) is 89.4 Å². The molecule has 1 N–H and O–H groups in total. The van der Waals surface area contributed by atoms with Crippen molar-refractivity contribution in [3.63, 3.8) is 0 Å². The molecule has 1 atom stereocenters. The number of morpholine rings is 1. The number of sulfonamides is 1. The number of aromatic amines is 1. The van der Waals surface area contributed by atoms with E-state index in [1.54, 1.807) is 4.31 Å². The van der Waals surface area contributed by atoms with Crippen LogP contribution >= 0.6 is 0 Å². The number of pyridine rings is 1. The van der Waals surface area contributed by atoms with Crippen LogP contribution in [-0.4, -0.2) is 69.0 Å². The molecule has 0 spiro atoms. The molecule has 2 fully saturated rings. The summed E-state index contributed by atoms with van der Waals surface area (Å²) in [5, 5.41) is 2.32. The van der Waals surface area contributed by atoms with E-state index in [2.05, 4.69) is 57.0 Å². The Bertz CT molecular complexity index is 1390. The van der Waals surface area contributed by atoms with Crippen LogP contribution in [0.2, 0.25) is 0 Å². The molecule has 2 saturated heterocycles. The number of nitrogens with zero attached hydrogens (tertiary/aromatic N) is 4. The molecule has 1 aromatic carbocycles. The lowest BCUT2D eigenvalue weighted by Gasteiger charge is -2.32. The average molecular weight is 494 g/mol. The Hall–Kier alpha value is -2.72. The number of anilines is 1. The molecule has 0 aliphatic carbocycles. The maximum Gasteiger partial charge on any atom is 0.138 e. The fourth-order valence-corrected chi connectivity index (χ4v) is 6.37. The summed E-state index contributed by atoms with van der Waals surface area (Å²) >= 11 is 0. The maximum atomic E-state index is 11.9. The molecule has 2 aliphatic heterocycles. The van der Waals surface area contributed by atoms with Crippen molar-refractivity contribution in [1.29, 1.82) is 0 Å². The first kappa shape index (κ1) is 22.7. The fraction of sp³-hybridized carbons (Fsp3) is 0.423. The van der Waals surface area contributed by atoms with Crippen molar-refractivity contribution >= 4 is 38.0 Å². The van der Waals surface area contributed by atoms with Crippen LogP contribution in [0.15, 0.2) is 48.8 Å². The monoisotopic (exact) mass is 493 g/mol.